The second-order valence-corrected chi connectivity index (χ2v) is 12.1. The Labute approximate surface area is 268 Å². The van der Waals surface area contributed by atoms with Gasteiger partial charge in [0.15, 0.2) is 0 Å². The molecule has 0 aliphatic heterocycles. The molecule has 0 aliphatic carbocycles. The fourth-order valence-electron chi connectivity index (χ4n) is 7.32. The van der Waals surface area contributed by atoms with Crippen molar-refractivity contribution in [2.75, 3.05) is 0 Å². The van der Waals surface area contributed by atoms with Crippen molar-refractivity contribution >= 4 is 43.1 Å². The highest BCUT2D eigenvalue weighted by Crippen LogP contribution is 2.46. The van der Waals surface area contributed by atoms with Crippen molar-refractivity contribution in [1.29, 1.82) is 0 Å². The molecule has 0 unspecified atom stereocenters. The summed E-state index contributed by atoms with van der Waals surface area (Å²) in [7, 11) is 0. The molecule has 0 N–H and O–H groups in total. The smallest absolute Gasteiger partial charge is 0.00201 e. The monoisotopic (exact) mass is 582 g/mol. The normalized spacial score (nSPS) is 11.5. The first-order chi connectivity index (χ1) is 22.8. The molecule has 0 heteroatoms. The Morgan fingerprint density at radius 1 is 0.217 bits per heavy atom. The number of rotatable bonds is 4. The summed E-state index contributed by atoms with van der Waals surface area (Å²) in [5.41, 5.74) is 9.98. The first-order valence-electron chi connectivity index (χ1n) is 15.9. The summed E-state index contributed by atoms with van der Waals surface area (Å²) in [6.45, 7) is 0. The molecule has 0 saturated carbocycles. The lowest BCUT2D eigenvalue weighted by Crippen LogP contribution is -1.93. The number of benzene rings is 9. The molecule has 9 aromatic carbocycles. The summed E-state index contributed by atoms with van der Waals surface area (Å²) in [5.74, 6) is 0. The molecule has 214 valence electrons. The third-order valence-corrected chi connectivity index (χ3v) is 9.46. The van der Waals surface area contributed by atoms with Gasteiger partial charge >= 0.3 is 0 Å². The summed E-state index contributed by atoms with van der Waals surface area (Å²) in [6, 6.07) is 66.5. The minimum atomic E-state index is 1.22. The van der Waals surface area contributed by atoms with Crippen molar-refractivity contribution in [2.24, 2.45) is 0 Å². The third kappa shape index (κ3) is 4.30. The van der Waals surface area contributed by atoms with Gasteiger partial charge in [-0.15, -0.1) is 0 Å². The number of hydrogen-bond donors (Lipinski definition) is 0. The van der Waals surface area contributed by atoms with Crippen LogP contribution in [0.3, 0.4) is 0 Å². The van der Waals surface area contributed by atoms with Crippen LogP contribution in [0.2, 0.25) is 0 Å². The van der Waals surface area contributed by atoms with Gasteiger partial charge in [-0.3, -0.25) is 0 Å². The highest BCUT2D eigenvalue weighted by molar-refractivity contribution is 6.23. The zero-order valence-electron chi connectivity index (χ0n) is 25.3. The van der Waals surface area contributed by atoms with Gasteiger partial charge in [-0.1, -0.05) is 176 Å². The van der Waals surface area contributed by atoms with Gasteiger partial charge < -0.3 is 0 Å². The number of hydrogen-bond acceptors (Lipinski definition) is 0. The molecule has 0 bridgehead atoms. The molecule has 0 aromatic heterocycles. The van der Waals surface area contributed by atoms with E-state index in [9.17, 15) is 0 Å². The van der Waals surface area contributed by atoms with E-state index < -0.39 is 0 Å². The first kappa shape index (κ1) is 26.4. The summed E-state index contributed by atoms with van der Waals surface area (Å²) >= 11 is 0. The molecule has 9 rings (SSSR count). The summed E-state index contributed by atoms with van der Waals surface area (Å²) < 4.78 is 0. The van der Waals surface area contributed by atoms with Crippen LogP contribution in [0.4, 0.5) is 0 Å². The quantitative estimate of drug-likeness (QED) is 0.143. The van der Waals surface area contributed by atoms with Gasteiger partial charge in [0.1, 0.15) is 0 Å². The van der Waals surface area contributed by atoms with Gasteiger partial charge in [0.05, 0.1) is 0 Å². The molecule has 46 heavy (non-hydrogen) atoms. The Morgan fingerprint density at radius 3 is 1.37 bits per heavy atom. The maximum absolute atomic E-state index is 2.37. The second-order valence-electron chi connectivity index (χ2n) is 12.1. The fourth-order valence-corrected chi connectivity index (χ4v) is 7.32. The van der Waals surface area contributed by atoms with Crippen LogP contribution in [0.25, 0.3) is 87.6 Å². The molecule has 9 aromatic rings. The van der Waals surface area contributed by atoms with Crippen LogP contribution in [0.15, 0.2) is 182 Å². The topological polar surface area (TPSA) is 0 Å². The van der Waals surface area contributed by atoms with Crippen molar-refractivity contribution in [3.63, 3.8) is 0 Å². The molecule has 0 atom stereocenters. The summed E-state index contributed by atoms with van der Waals surface area (Å²) in [5, 5.41) is 10.2. The van der Waals surface area contributed by atoms with Crippen LogP contribution in [-0.2, 0) is 0 Å². The molecular formula is C46H30. The highest BCUT2D eigenvalue weighted by Gasteiger charge is 2.19. The van der Waals surface area contributed by atoms with Crippen LogP contribution in [0.5, 0.6) is 0 Å². The van der Waals surface area contributed by atoms with E-state index in [0.717, 1.165) is 0 Å². The van der Waals surface area contributed by atoms with Crippen LogP contribution in [-0.4, -0.2) is 0 Å². The Kier molecular flexibility index (Phi) is 6.25. The predicted octanol–water partition coefficient (Wildman–Crippen LogP) is 13.0. The minimum absolute atomic E-state index is 1.22. The van der Waals surface area contributed by atoms with Gasteiger partial charge in [-0.05, 0) is 93.7 Å². The lowest BCUT2D eigenvalue weighted by Gasteiger charge is -2.20. The maximum Gasteiger partial charge on any atom is -0.00201 e. The summed E-state index contributed by atoms with van der Waals surface area (Å²) in [4.78, 5) is 0. The van der Waals surface area contributed by atoms with Gasteiger partial charge in [0.2, 0.25) is 0 Å². The van der Waals surface area contributed by atoms with E-state index in [1.165, 1.54) is 87.6 Å². The van der Waals surface area contributed by atoms with E-state index in [-0.39, 0.29) is 0 Å². The molecule has 0 amide bonds. The molecular weight excluding hydrogens is 553 g/mol. The zero-order chi connectivity index (χ0) is 30.5. The van der Waals surface area contributed by atoms with E-state index in [2.05, 4.69) is 182 Å². The van der Waals surface area contributed by atoms with Gasteiger partial charge in [-0.25, -0.2) is 0 Å². The average molecular weight is 583 g/mol. The van der Waals surface area contributed by atoms with Crippen LogP contribution in [0, 0.1) is 0 Å². The number of fused-ring (bicyclic) bond motifs is 5. The second kappa shape index (κ2) is 10.9. The molecule has 0 heterocycles. The predicted molar refractivity (Wildman–Crippen MR) is 198 cm³/mol. The lowest BCUT2D eigenvalue weighted by atomic mass is 9.83. The van der Waals surface area contributed by atoms with Crippen molar-refractivity contribution < 1.29 is 0 Å². The van der Waals surface area contributed by atoms with Crippen molar-refractivity contribution in [1.82, 2.24) is 0 Å². The van der Waals surface area contributed by atoms with E-state index >= 15 is 0 Å². The third-order valence-electron chi connectivity index (χ3n) is 9.46. The Bertz CT molecular complexity index is 2500. The van der Waals surface area contributed by atoms with E-state index in [1.807, 2.05) is 0 Å². The van der Waals surface area contributed by atoms with Gasteiger partial charge in [-0.2, -0.15) is 0 Å². The van der Waals surface area contributed by atoms with Crippen LogP contribution in [0.1, 0.15) is 0 Å². The minimum Gasteiger partial charge on any atom is -0.0622 e. The van der Waals surface area contributed by atoms with Crippen molar-refractivity contribution in [3.8, 4) is 44.5 Å². The molecule has 0 saturated heterocycles. The molecule has 0 spiro atoms. The van der Waals surface area contributed by atoms with Crippen molar-refractivity contribution in [3.05, 3.63) is 182 Å². The van der Waals surface area contributed by atoms with Crippen molar-refractivity contribution in [2.45, 2.75) is 0 Å². The summed E-state index contributed by atoms with van der Waals surface area (Å²) in [6.07, 6.45) is 0. The average Bonchev–Trinajstić information content (AvgIpc) is 3.14. The Hall–Kier alpha value is -5.98. The van der Waals surface area contributed by atoms with Gasteiger partial charge in [0.25, 0.3) is 0 Å². The fraction of sp³-hybridized carbons (Fsp3) is 0. The standard InChI is InChI=1S/C46H30/c1-2-12-31(13-3-1)32-22-24-34(25-23-32)38-16-6-7-17-40(38)46-43-20-10-8-18-41(43)45(42-19-9-11-21-44(42)46)36-28-29-39-35(30-36)27-26-33-14-4-5-15-37(33)39/h1-30H. The van der Waals surface area contributed by atoms with Gasteiger partial charge in [0, 0.05) is 0 Å². The Morgan fingerprint density at radius 2 is 0.674 bits per heavy atom. The highest BCUT2D eigenvalue weighted by atomic mass is 14.2. The van der Waals surface area contributed by atoms with Crippen LogP contribution >= 0.6 is 0 Å². The molecule has 0 aliphatic rings. The van der Waals surface area contributed by atoms with Crippen LogP contribution < -0.4 is 0 Å². The molecule has 0 radical (unpaired) electrons. The van der Waals surface area contributed by atoms with E-state index in [1.54, 1.807) is 0 Å². The maximum atomic E-state index is 2.37. The lowest BCUT2D eigenvalue weighted by molar-refractivity contribution is 1.58. The zero-order valence-corrected chi connectivity index (χ0v) is 25.3. The SMILES string of the molecule is c1ccc(-c2ccc(-c3ccccc3-c3c4ccccc4c(-c4ccc5c(ccc6ccccc65)c4)c4ccccc34)cc2)cc1. The molecule has 0 fully saturated rings. The van der Waals surface area contributed by atoms with E-state index in [4.69, 9.17) is 0 Å². The largest absolute Gasteiger partial charge is 0.0622 e. The van der Waals surface area contributed by atoms with E-state index in [0.29, 0.717) is 0 Å². The Balaban J connectivity index is 1.27. The first-order valence-corrected chi connectivity index (χ1v) is 15.9. The molecule has 0 nitrogen and oxygen atoms in total.